The molecule has 24 heavy (non-hydrogen) atoms. The minimum atomic E-state index is -0.944. The van der Waals surface area contributed by atoms with E-state index < -0.39 is 17.6 Å². The van der Waals surface area contributed by atoms with Crippen molar-refractivity contribution in [3.05, 3.63) is 58.9 Å². The SMILES string of the molecule is O=C(Nc1ccc(Cl)cc1F)C(=O)N[C@@H]1CCOc2ccccc21. The molecular formula is C17H14ClFN2O3. The van der Waals surface area contributed by atoms with Gasteiger partial charge in [0, 0.05) is 17.0 Å². The van der Waals surface area contributed by atoms with Gasteiger partial charge in [-0.05, 0) is 24.3 Å². The molecule has 2 aromatic carbocycles. The van der Waals surface area contributed by atoms with E-state index in [1.165, 1.54) is 12.1 Å². The number of halogens is 2. The number of fused-ring (bicyclic) bond motifs is 1. The first kappa shape index (κ1) is 16.3. The van der Waals surface area contributed by atoms with Crippen LogP contribution < -0.4 is 15.4 Å². The Hall–Kier alpha value is -2.60. The van der Waals surface area contributed by atoms with Gasteiger partial charge in [-0.2, -0.15) is 0 Å². The van der Waals surface area contributed by atoms with Crippen molar-refractivity contribution in [2.45, 2.75) is 12.5 Å². The Morgan fingerprint density at radius 3 is 2.75 bits per heavy atom. The molecule has 0 fully saturated rings. The van der Waals surface area contributed by atoms with Gasteiger partial charge >= 0.3 is 11.8 Å². The topological polar surface area (TPSA) is 67.4 Å². The van der Waals surface area contributed by atoms with E-state index >= 15 is 0 Å². The van der Waals surface area contributed by atoms with Crippen LogP contribution in [0.15, 0.2) is 42.5 Å². The molecule has 0 spiro atoms. The predicted octanol–water partition coefficient (Wildman–Crippen LogP) is 3.06. The molecular weight excluding hydrogens is 335 g/mol. The third kappa shape index (κ3) is 3.49. The molecule has 1 aliphatic heterocycles. The molecule has 0 aromatic heterocycles. The van der Waals surface area contributed by atoms with Gasteiger partial charge in [-0.25, -0.2) is 4.39 Å². The number of carbonyl (C=O) groups excluding carboxylic acids is 2. The van der Waals surface area contributed by atoms with Crippen LogP contribution in [0.25, 0.3) is 0 Å². The highest BCUT2D eigenvalue weighted by Gasteiger charge is 2.25. The number of anilines is 1. The van der Waals surface area contributed by atoms with E-state index in [9.17, 15) is 14.0 Å². The molecule has 0 aliphatic carbocycles. The van der Waals surface area contributed by atoms with Gasteiger partial charge in [0.1, 0.15) is 11.6 Å². The predicted molar refractivity (Wildman–Crippen MR) is 87.5 cm³/mol. The number of ether oxygens (including phenoxy) is 1. The van der Waals surface area contributed by atoms with Crippen molar-refractivity contribution in [1.29, 1.82) is 0 Å². The van der Waals surface area contributed by atoms with Crippen molar-refractivity contribution in [3.63, 3.8) is 0 Å². The Morgan fingerprint density at radius 2 is 1.96 bits per heavy atom. The standard InChI is InChI=1S/C17H14ClFN2O3/c18-10-5-6-14(12(19)9-10)21-17(23)16(22)20-13-7-8-24-15-4-2-1-3-11(13)15/h1-6,9,13H,7-8H2,(H,20,22)(H,21,23)/t13-/m1/s1. The summed E-state index contributed by atoms with van der Waals surface area (Å²) in [6.45, 7) is 0.440. The number of para-hydroxylation sites is 1. The molecule has 3 rings (SSSR count). The summed E-state index contributed by atoms with van der Waals surface area (Å²) >= 11 is 5.65. The lowest BCUT2D eigenvalue weighted by molar-refractivity contribution is -0.136. The van der Waals surface area contributed by atoms with Crippen LogP contribution >= 0.6 is 11.6 Å². The highest BCUT2D eigenvalue weighted by Crippen LogP contribution is 2.31. The molecule has 7 heteroatoms. The molecule has 1 heterocycles. The first-order valence-corrected chi connectivity index (χ1v) is 7.71. The molecule has 2 N–H and O–H groups in total. The summed E-state index contributed by atoms with van der Waals surface area (Å²) < 4.78 is 19.2. The molecule has 0 saturated heterocycles. The van der Waals surface area contributed by atoms with Crippen LogP contribution in [0.5, 0.6) is 5.75 Å². The minimum absolute atomic E-state index is 0.105. The summed E-state index contributed by atoms with van der Waals surface area (Å²) in [5, 5.41) is 5.08. The number of hydrogen-bond donors (Lipinski definition) is 2. The van der Waals surface area contributed by atoms with Crippen molar-refractivity contribution >= 4 is 29.1 Å². The maximum absolute atomic E-state index is 13.7. The lowest BCUT2D eigenvalue weighted by Gasteiger charge is -2.26. The van der Waals surface area contributed by atoms with E-state index in [1.807, 2.05) is 18.2 Å². The van der Waals surface area contributed by atoms with Crippen LogP contribution in [0.2, 0.25) is 5.02 Å². The van der Waals surface area contributed by atoms with E-state index in [2.05, 4.69) is 10.6 Å². The Bertz CT molecular complexity index is 797. The molecule has 124 valence electrons. The van der Waals surface area contributed by atoms with Gasteiger partial charge in [0.25, 0.3) is 0 Å². The van der Waals surface area contributed by atoms with E-state index in [0.717, 1.165) is 11.6 Å². The third-order valence-corrected chi connectivity index (χ3v) is 3.88. The zero-order valence-corrected chi connectivity index (χ0v) is 13.3. The van der Waals surface area contributed by atoms with Gasteiger partial charge < -0.3 is 15.4 Å². The second-order valence-corrected chi connectivity index (χ2v) is 5.72. The summed E-state index contributed by atoms with van der Waals surface area (Å²) in [7, 11) is 0. The largest absolute Gasteiger partial charge is 0.493 e. The Labute approximate surface area is 142 Å². The van der Waals surface area contributed by atoms with Gasteiger partial charge in [-0.3, -0.25) is 9.59 Å². The van der Waals surface area contributed by atoms with Crippen molar-refractivity contribution < 1.29 is 18.7 Å². The monoisotopic (exact) mass is 348 g/mol. The van der Waals surface area contributed by atoms with E-state index in [1.54, 1.807) is 6.07 Å². The summed E-state index contributed by atoms with van der Waals surface area (Å²) in [5.41, 5.74) is 0.703. The second-order valence-electron chi connectivity index (χ2n) is 5.28. The van der Waals surface area contributed by atoms with E-state index in [4.69, 9.17) is 16.3 Å². The maximum atomic E-state index is 13.7. The van der Waals surface area contributed by atoms with Gasteiger partial charge in [-0.15, -0.1) is 0 Å². The first-order chi connectivity index (χ1) is 11.5. The molecule has 0 saturated carbocycles. The molecule has 0 bridgehead atoms. The second kappa shape index (κ2) is 6.88. The smallest absolute Gasteiger partial charge is 0.313 e. The van der Waals surface area contributed by atoms with Crippen molar-refractivity contribution in [1.82, 2.24) is 5.32 Å². The number of benzene rings is 2. The fourth-order valence-electron chi connectivity index (χ4n) is 2.49. The van der Waals surface area contributed by atoms with Crippen LogP contribution in [0.4, 0.5) is 10.1 Å². The summed E-state index contributed by atoms with van der Waals surface area (Å²) in [4.78, 5) is 24.1. The Morgan fingerprint density at radius 1 is 1.17 bits per heavy atom. The minimum Gasteiger partial charge on any atom is -0.493 e. The maximum Gasteiger partial charge on any atom is 0.313 e. The number of nitrogens with one attached hydrogen (secondary N) is 2. The highest BCUT2D eigenvalue weighted by atomic mass is 35.5. The zero-order chi connectivity index (χ0) is 17.1. The number of rotatable bonds is 2. The van der Waals surface area contributed by atoms with E-state index in [0.29, 0.717) is 18.8 Å². The lowest BCUT2D eigenvalue weighted by Crippen LogP contribution is -2.39. The average Bonchev–Trinajstić information content (AvgIpc) is 2.57. The van der Waals surface area contributed by atoms with Crippen LogP contribution in [-0.4, -0.2) is 18.4 Å². The summed E-state index contributed by atoms with van der Waals surface area (Å²) in [6, 6.07) is 10.7. The number of amides is 2. The fraction of sp³-hybridized carbons (Fsp3) is 0.176. The summed E-state index contributed by atoms with van der Waals surface area (Å²) in [5.74, 6) is -1.82. The van der Waals surface area contributed by atoms with Crippen molar-refractivity contribution in [2.75, 3.05) is 11.9 Å². The number of hydrogen-bond acceptors (Lipinski definition) is 3. The first-order valence-electron chi connectivity index (χ1n) is 7.33. The quantitative estimate of drug-likeness (QED) is 0.820. The van der Waals surface area contributed by atoms with Crippen molar-refractivity contribution in [3.8, 4) is 5.75 Å². The molecule has 0 radical (unpaired) electrons. The van der Waals surface area contributed by atoms with Crippen LogP contribution in [0.1, 0.15) is 18.0 Å². The molecule has 2 amide bonds. The Balaban J connectivity index is 1.68. The highest BCUT2D eigenvalue weighted by molar-refractivity contribution is 6.39. The van der Waals surface area contributed by atoms with Gasteiger partial charge in [0.2, 0.25) is 0 Å². The fourth-order valence-corrected chi connectivity index (χ4v) is 2.64. The average molecular weight is 349 g/mol. The molecule has 1 aliphatic rings. The molecule has 2 aromatic rings. The lowest BCUT2D eigenvalue weighted by atomic mass is 10.0. The third-order valence-electron chi connectivity index (χ3n) is 3.65. The van der Waals surface area contributed by atoms with Crippen LogP contribution in [-0.2, 0) is 9.59 Å². The molecule has 0 unspecified atom stereocenters. The normalized spacial score (nSPS) is 15.8. The molecule has 1 atom stereocenters. The van der Waals surface area contributed by atoms with Crippen molar-refractivity contribution in [2.24, 2.45) is 0 Å². The van der Waals surface area contributed by atoms with Gasteiger partial charge in [0.05, 0.1) is 18.3 Å². The van der Waals surface area contributed by atoms with Gasteiger partial charge in [0.15, 0.2) is 0 Å². The van der Waals surface area contributed by atoms with Crippen LogP contribution in [0, 0.1) is 5.82 Å². The number of carbonyl (C=O) groups is 2. The summed E-state index contributed by atoms with van der Waals surface area (Å²) in [6.07, 6.45) is 0.547. The van der Waals surface area contributed by atoms with Gasteiger partial charge in [-0.1, -0.05) is 29.8 Å². The van der Waals surface area contributed by atoms with E-state index in [-0.39, 0.29) is 16.8 Å². The zero-order valence-electron chi connectivity index (χ0n) is 12.5. The molecule has 5 nitrogen and oxygen atoms in total. The van der Waals surface area contributed by atoms with Crippen LogP contribution in [0.3, 0.4) is 0 Å². The Kier molecular flexibility index (Phi) is 4.66.